The molecule has 3 aliphatic heterocycles. The zero-order valence-corrected chi connectivity index (χ0v) is 16.8. The van der Waals surface area contributed by atoms with E-state index in [0.29, 0.717) is 30.3 Å². The molecule has 6 heteroatoms. The van der Waals surface area contributed by atoms with Gasteiger partial charge in [0.2, 0.25) is 5.91 Å². The Bertz CT molecular complexity index is 921. The number of fused-ring (bicyclic) bond motifs is 2. The van der Waals surface area contributed by atoms with E-state index in [1.807, 2.05) is 18.3 Å². The summed E-state index contributed by atoms with van der Waals surface area (Å²) < 4.78 is 12.1. The lowest BCUT2D eigenvalue weighted by Crippen LogP contribution is -2.42. The lowest BCUT2D eigenvalue weighted by Gasteiger charge is -2.29. The van der Waals surface area contributed by atoms with Crippen molar-refractivity contribution in [1.29, 1.82) is 0 Å². The lowest BCUT2D eigenvalue weighted by molar-refractivity contribution is -0.122. The van der Waals surface area contributed by atoms with Gasteiger partial charge in [-0.1, -0.05) is 12.8 Å². The van der Waals surface area contributed by atoms with Crippen LogP contribution >= 0.6 is 0 Å². The third-order valence-electron chi connectivity index (χ3n) is 7.93. The summed E-state index contributed by atoms with van der Waals surface area (Å²) in [6.45, 7) is 2.58. The number of hydrogen-bond donors (Lipinski definition) is 1. The number of rotatable bonds is 5. The topological polar surface area (TPSA) is 67.6 Å². The second-order valence-electron chi connectivity index (χ2n) is 9.54. The predicted octanol–water partition coefficient (Wildman–Crippen LogP) is 3.51. The van der Waals surface area contributed by atoms with Crippen molar-refractivity contribution in [2.24, 2.45) is 17.8 Å². The average Bonchev–Trinajstić information content (AvgIpc) is 3.52. The third kappa shape index (κ3) is 2.87. The maximum absolute atomic E-state index is 12.5. The quantitative estimate of drug-likeness (QED) is 0.839. The zero-order valence-electron chi connectivity index (χ0n) is 16.8. The minimum atomic E-state index is -0.0703. The molecule has 6 rings (SSSR count). The number of amides is 1. The van der Waals surface area contributed by atoms with E-state index >= 15 is 0 Å². The summed E-state index contributed by atoms with van der Waals surface area (Å²) in [5.41, 5.74) is 0.810. The highest BCUT2D eigenvalue weighted by atomic mass is 16.5. The van der Waals surface area contributed by atoms with Gasteiger partial charge in [-0.25, -0.2) is 4.98 Å². The Morgan fingerprint density at radius 3 is 3.07 bits per heavy atom. The first-order valence-corrected chi connectivity index (χ1v) is 11.2. The Kier molecular flexibility index (Phi) is 4.12. The van der Waals surface area contributed by atoms with Gasteiger partial charge in [0.1, 0.15) is 11.4 Å². The minimum Gasteiger partial charge on any atom is -0.464 e. The molecule has 1 spiro atoms. The molecule has 4 aliphatic rings. The highest BCUT2D eigenvalue weighted by Crippen LogP contribution is 2.55. The number of nitrogens with one attached hydrogen (secondary N) is 1. The van der Waals surface area contributed by atoms with Gasteiger partial charge in [0, 0.05) is 44.1 Å². The van der Waals surface area contributed by atoms with E-state index in [1.165, 1.54) is 25.7 Å². The standard InChI is InChI=1S/C23H29N3O3/c27-21(11-15-3-1-2-4-15)25-12-17-18-13-26(14-23(18)8-5-20(17)29-23)22-16-7-10-28-19(16)6-9-24-22/h6-7,9-10,15,17-18,20H,1-5,8,11-14H2,(H,25,27)/t17-,18+,20+,23+/m0/s1. The molecule has 1 N–H and O–H groups in total. The summed E-state index contributed by atoms with van der Waals surface area (Å²) in [7, 11) is 0. The molecule has 29 heavy (non-hydrogen) atoms. The Labute approximate surface area is 171 Å². The molecule has 2 aromatic heterocycles. The normalized spacial score (nSPS) is 33.7. The summed E-state index contributed by atoms with van der Waals surface area (Å²) in [4.78, 5) is 19.5. The number of nitrogens with zero attached hydrogens (tertiary/aromatic N) is 2. The lowest BCUT2D eigenvalue weighted by atomic mass is 9.73. The largest absolute Gasteiger partial charge is 0.464 e. The van der Waals surface area contributed by atoms with Crippen LogP contribution in [0.15, 0.2) is 29.0 Å². The molecule has 4 fully saturated rings. The molecular weight excluding hydrogens is 366 g/mol. The summed E-state index contributed by atoms with van der Waals surface area (Å²) in [6.07, 6.45) is 11.8. The second kappa shape index (κ2) is 6.73. The number of anilines is 1. The first-order valence-electron chi connectivity index (χ1n) is 11.2. The SMILES string of the molecule is O=C(CC1CCCC1)NC[C@H]1[C@H]2CN(c3nccc4occc34)C[C@]23CC[C@H]1O3. The average molecular weight is 396 g/mol. The molecule has 2 aromatic rings. The summed E-state index contributed by atoms with van der Waals surface area (Å²) >= 11 is 0. The van der Waals surface area contributed by atoms with Crippen LogP contribution in [0.3, 0.4) is 0 Å². The Morgan fingerprint density at radius 1 is 1.28 bits per heavy atom. The fourth-order valence-corrected chi connectivity index (χ4v) is 6.54. The van der Waals surface area contributed by atoms with Crippen LogP contribution in [0.4, 0.5) is 5.82 Å². The van der Waals surface area contributed by atoms with Crippen molar-refractivity contribution in [1.82, 2.24) is 10.3 Å². The third-order valence-corrected chi connectivity index (χ3v) is 7.93. The summed E-state index contributed by atoms with van der Waals surface area (Å²) in [6, 6.07) is 3.92. The van der Waals surface area contributed by atoms with Crippen molar-refractivity contribution in [2.45, 2.75) is 56.7 Å². The molecule has 5 heterocycles. The van der Waals surface area contributed by atoms with Crippen molar-refractivity contribution >= 4 is 22.7 Å². The van der Waals surface area contributed by atoms with Crippen LogP contribution in [-0.4, -0.2) is 42.2 Å². The summed E-state index contributed by atoms with van der Waals surface area (Å²) in [5, 5.41) is 4.33. The van der Waals surface area contributed by atoms with Gasteiger partial charge < -0.3 is 19.4 Å². The van der Waals surface area contributed by atoms with Crippen LogP contribution in [0.2, 0.25) is 0 Å². The molecule has 1 saturated carbocycles. The molecule has 4 atom stereocenters. The van der Waals surface area contributed by atoms with Crippen molar-refractivity contribution in [3.63, 3.8) is 0 Å². The molecule has 0 aromatic carbocycles. The number of hydrogen-bond acceptors (Lipinski definition) is 5. The van der Waals surface area contributed by atoms with Gasteiger partial charge in [0.15, 0.2) is 0 Å². The van der Waals surface area contributed by atoms with E-state index in [0.717, 1.165) is 49.3 Å². The van der Waals surface area contributed by atoms with Crippen LogP contribution in [0.5, 0.6) is 0 Å². The zero-order chi connectivity index (χ0) is 19.4. The molecule has 1 aliphatic carbocycles. The van der Waals surface area contributed by atoms with Gasteiger partial charge in [-0.3, -0.25) is 4.79 Å². The number of aromatic nitrogens is 1. The predicted molar refractivity (Wildman–Crippen MR) is 110 cm³/mol. The molecule has 2 bridgehead atoms. The maximum atomic E-state index is 12.5. The van der Waals surface area contributed by atoms with Gasteiger partial charge in [-0.15, -0.1) is 0 Å². The first-order chi connectivity index (χ1) is 14.2. The second-order valence-corrected chi connectivity index (χ2v) is 9.54. The van der Waals surface area contributed by atoms with Crippen molar-refractivity contribution in [3.8, 4) is 0 Å². The van der Waals surface area contributed by atoms with E-state index < -0.39 is 0 Å². The van der Waals surface area contributed by atoms with Gasteiger partial charge in [-0.2, -0.15) is 0 Å². The monoisotopic (exact) mass is 395 g/mol. The molecular formula is C23H29N3O3. The fraction of sp³-hybridized carbons (Fsp3) is 0.652. The number of pyridine rings is 1. The number of carbonyl (C=O) groups is 1. The number of carbonyl (C=O) groups excluding carboxylic acids is 1. The first kappa shape index (κ1) is 17.8. The van der Waals surface area contributed by atoms with Crippen LogP contribution in [0, 0.1) is 17.8 Å². The molecule has 3 saturated heterocycles. The van der Waals surface area contributed by atoms with E-state index in [1.54, 1.807) is 6.26 Å². The van der Waals surface area contributed by atoms with Gasteiger partial charge >= 0.3 is 0 Å². The molecule has 0 radical (unpaired) electrons. The minimum absolute atomic E-state index is 0.0703. The molecule has 6 nitrogen and oxygen atoms in total. The summed E-state index contributed by atoms with van der Waals surface area (Å²) in [5.74, 6) is 2.69. The Balaban J connectivity index is 1.16. The van der Waals surface area contributed by atoms with E-state index in [4.69, 9.17) is 9.15 Å². The van der Waals surface area contributed by atoms with Crippen LogP contribution in [0.1, 0.15) is 44.9 Å². The van der Waals surface area contributed by atoms with Crippen LogP contribution < -0.4 is 10.2 Å². The van der Waals surface area contributed by atoms with E-state index in [-0.39, 0.29) is 11.5 Å². The maximum Gasteiger partial charge on any atom is 0.220 e. The fourth-order valence-electron chi connectivity index (χ4n) is 6.54. The van der Waals surface area contributed by atoms with Gasteiger partial charge in [-0.05, 0) is 43.7 Å². The van der Waals surface area contributed by atoms with Crippen LogP contribution in [-0.2, 0) is 9.53 Å². The van der Waals surface area contributed by atoms with E-state index in [2.05, 4.69) is 15.2 Å². The highest BCUT2D eigenvalue weighted by molar-refractivity contribution is 5.88. The van der Waals surface area contributed by atoms with Gasteiger partial charge in [0.05, 0.1) is 23.4 Å². The Morgan fingerprint density at radius 2 is 2.17 bits per heavy atom. The molecule has 1 amide bonds. The van der Waals surface area contributed by atoms with Crippen LogP contribution in [0.25, 0.3) is 11.0 Å². The van der Waals surface area contributed by atoms with E-state index in [9.17, 15) is 4.79 Å². The van der Waals surface area contributed by atoms with Crippen molar-refractivity contribution in [2.75, 3.05) is 24.5 Å². The number of ether oxygens (including phenoxy) is 1. The van der Waals surface area contributed by atoms with Crippen molar-refractivity contribution < 1.29 is 13.9 Å². The smallest absolute Gasteiger partial charge is 0.220 e. The molecule has 154 valence electrons. The number of furan rings is 1. The molecule has 0 unspecified atom stereocenters. The Hall–Kier alpha value is -2.08. The van der Waals surface area contributed by atoms with Gasteiger partial charge in [0.25, 0.3) is 0 Å². The van der Waals surface area contributed by atoms with Crippen molar-refractivity contribution in [3.05, 3.63) is 24.6 Å². The highest BCUT2D eigenvalue weighted by Gasteiger charge is 2.63.